The van der Waals surface area contributed by atoms with Gasteiger partial charge in [-0.2, -0.15) is 5.10 Å². The maximum atomic E-state index is 13.3. The van der Waals surface area contributed by atoms with Gasteiger partial charge < -0.3 is 20.7 Å². The second-order valence-corrected chi connectivity index (χ2v) is 15.9. The molecule has 3 aromatic heterocycles. The summed E-state index contributed by atoms with van der Waals surface area (Å²) in [6.45, 7) is 8.20. The number of nitrogens with one attached hydrogen (secondary N) is 1. The zero-order valence-corrected chi connectivity index (χ0v) is 22.9. The molecule has 0 unspecified atom stereocenters. The first-order valence-electron chi connectivity index (χ1n) is 12.4. The van der Waals surface area contributed by atoms with Crippen LogP contribution in [0.4, 0.5) is 11.5 Å². The van der Waals surface area contributed by atoms with Gasteiger partial charge in [-0.3, -0.25) is 14.6 Å². The number of anilines is 2. The number of carbonyl (C=O) groups excluding carboxylic acids is 2. The molecule has 4 rings (SSSR count). The number of ether oxygens (including phenoxy) is 1. The van der Waals surface area contributed by atoms with Crippen LogP contribution in [0.1, 0.15) is 11.3 Å². The zero-order chi connectivity index (χ0) is 27.1. The fraction of sp³-hybridized carbons (Fsp3) is 0.296. The van der Waals surface area contributed by atoms with Crippen LogP contribution in [0, 0.1) is 0 Å². The van der Waals surface area contributed by atoms with E-state index >= 15 is 0 Å². The van der Waals surface area contributed by atoms with Gasteiger partial charge in [0.05, 0.1) is 29.5 Å². The summed E-state index contributed by atoms with van der Waals surface area (Å²) in [5, 5.41) is 7.79. The van der Waals surface area contributed by atoms with E-state index in [0.717, 1.165) is 11.6 Å². The summed E-state index contributed by atoms with van der Waals surface area (Å²) in [7, 11) is -1.21. The zero-order valence-electron chi connectivity index (χ0n) is 21.9. The molecule has 38 heavy (non-hydrogen) atoms. The molecule has 1 aromatic carbocycles. The lowest BCUT2D eigenvalue weighted by atomic mass is 10.2. The Morgan fingerprint density at radius 2 is 1.82 bits per heavy atom. The minimum absolute atomic E-state index is 0.181. The molecule has 0 bridgehead atoms. The summed E-state index contributed by atoms with van der Waals surface area (Å²) in [6.07, 6.45) is 4.79. The van der Waals surface area contributed by atoms with Crippen molar-refractivity contribution in [3.8, 4) is 0 Å². The molecule has 0 aliphatic rings. The number of amides is 2. The third-order valence-corrected chi connectivity index (χ3v) is 7.57. The molecular weight excluding hydrogens is 498 g/mol. The Morgan fingerprint density at radius 3 is 2.53 bits per heavy atom. The Balaban J connectivity index is 1.50. The molecule has 3 heterocycles. The predicted molar refractivity (Wildman–Crippen MR) is 150 cm³/mol. The van der Waals surface area contributed by atoms with E-state index in [1.54, 1.807) is 23.1 Å². The molecule has 11 heteroatoms. The van der Waals surface area contributed by atoms with Crippen LogP contribution in [0.25, 0.3) is 10.9 Å². The maximum absolute atomic E-state index is 13.3. The van der Waals surface area contributed by atoms with Gasteiger partial charge in [-0.1, -0.05) is 56.0 Å². The Hall–Kier alpha value is -4.09. The molecule has 10 nitrogen and oxygen atoms in total. The smallest absolute Gasteiger partial charge is 0.314 e. The Labute approximate surface area is 222 Å². The quantitative estimate of drug-likeness (QED) is 0.180. The first-order chi connectivity index (χ1) is 18.2. The van der Waals surface area contributed by atoms with Crippen LogP contribution < -0.4 is 11.1 Å². The monoisotopic (exact) mass is 531 g/mol. The molecule has 0 saturated heterocycles. The highest BCUT2D eigenvalue weighted by atomic mass is 28.3. The van der Waals surface area contributed by atoms with Crippen molar-refractivity contribution < 1.29 is 14.3 Å². The van der Waals surface area contributed by atoms with Gasteiger partial charge in [0.2, 0.25) is 0 Å². The molecule has 0 fully saturated rings. The average Bonchev–Trinajstić information content (AvgIpc) is 3.33. The highest BCUT2D eigenvalue weighted by Crippen LogP contribution is 2.25. The molecule has 0 spiro atoms. The minimum atomic E-state index is -1.21. The molecule has 0 radical (unpaired) electrons. The lowest BCUT2D eigenvalue weighted by molar-refractivity contribution is -0.144. The summed E-state index contributed by atoms with van der Waals surface area (Å²) in [5.41, 5.74) is 8.37. The van der Waals surface area contributed by atoms with Crippen molar-refractivity contribution in [1.29, 1.82) is 0 Å². The predicted octanol–water partition coefficient (Wildman–Crippen LogP) is 3.89. The number of benzene rings is 1. The van der Waals surface area contributed by atoms with E-state index in [2.05, 4.69) is 40.0 Å². The second kappa shape index (κ2) is 12.0. The van der Waals surface area contributed by atoms with E-state index in [0.29, 0.717) is 28.9 Å². The molecule has 0 saturated carbocycles. The first kappa shape index (κ1) is 27.0. The number of fused-ring (bicyclic) bond motifs is 1. The normalized spacial score (nSPS) is 11.4. The van der Waals surface area contributed by atoms with Crippen molar-refractivity contribution in [2.24, 2.45) is 0 Å². The van der Waals surface area contributed by atoms with Gasteiger partial charge in [0.15, 0.2) is 0 Å². The third kappa shape index (κ3) is 7.23. The van der Waals surface area contributed by atoms with Crippen molar-refractivity contribution >= 4 is 42.3 Å². The number of hydrogen-bond acceptors (Lipinski definition) is 7. The van der Waals surface area contributed by atoms with E-state index in [4.69, 9.17) is 10.5 Å². The summed E-state index contributed by atoms with van der Waals surface area (Å²) >= 11 is 0. The van der Waals surface area contributed by atoms with Gasteiger partial charge in [0.1, 0.15) is 18.1 Å². The number of nitrogens with two attached hydrogens (primary N) is 1. The molecule has 0 aliphatic heterocycles. The molecule has 198 valence electrons. The number of aromatic nitrogens is 4. The van der Waals surface area contributed by atoms with Crippen LogP contribution in [0.3, 0.4) is 0 Å². The summed E-state index contributed by atoms with van der Waals surface area (Å²) in [5.74, 6) is -1.22. The Kier molecular flexibility index (Phi) is 8.49. The topological polar surface area (TPSA) is 128 Å². The average molecular weight is 532 g/mol. The van der Waals surface area contributed by atoms with Crippen LogP contribution in [-0.4, -0.2) is 51.1 Å². The third-order valence-electron chi connectivity index (χ3n) is 5.87. The fourth-order valence-electron chi connectivity index (χ4n) is 3.78. The van der Waals surface area contributed by atoms with Gasteiger partial charge in [0.25, 0.3) is 0 Å². The number of carbonyl (C=O) groups is 2. The van der Waals surface area contributed by atoms with Crippen molar-refractivity contribution in [3.63, 3.8) is 0 Å². The van der Waals surface area contributed by atoms with Crippen molar-refractivity contribution in [2.45, 2.75) is 45.5 Å². The van der Waals surface area contributed by atoms with E-state index in [-0.39, 0.29) is 25.6 Å². The minimum Gasteiger partial charge on any atom is -0.383 e. The van der Waals surface area contributed by atoms with E-state index in [1.807, 2.05) is 42.5 Å². The highest BCUT2D eigenvalue weighted by Gasteiger charge is 2.24. The molecule has 0 aliphatic carbocycles. The molecule has 4 aromatic rings. The summed E-state index contributed by atoms with van der Waals surface area (Å²) in [4.78, 5) is 36.4. The molecule has 2 amide bonds. The van der Waals surface area contributed by atoms with Crippen LogP contribution in [0.15, 0.2) is 67.1 Å². The van der Waals surface area contributed by atoms with Gasteiger partial charge in [-0.15, -0.1) is 0 Å². The van der Waals surface area contributed by atoms with Gasteiger partial charge >= 0.3 is 11.8 Å². The Morgan fingerprint density at radius 1 is 1.05 bits per heavy atom. The first-order valence-corrected chi connectivity index (χ1v) is 16.1. The number of nitrogen functional groups attached to an aromatic ring is 1. The Bertz CT molecular complexity index is 1350. The van der Waals surface area contributed by atoms with E-state index < -0.39 is 19.9 Å². The maximum Gasteiger partial charge on any atom is 0.314 e. The van der Waals surface area contributed by atoms with Gasteiger partial charge in [0, 0.05) is 33.6 Å². The van der Waals surface area contributed by atoms with Gasteiger partial charge in [-0.05, 0) is 23.7 Å². The molecule has 3 N–H and O–H groups in total. The van der Waals surface area contributed by atoms with Crippen molar-refractivity contribution in [1.82, 2.24) is 24.6 Å². The van der Waals surface area contributed by atoms with Gasteiger partial charge in [-0.25, -0.2) is 9.67 Å². The van der Waals surface area contributed by atoms with E-state index in [1.165, 1.54) is 11.1 Å². The van der Waals surface area contributed by atoms with Crippen LogP contribution in [0.5, 0.6) is 0 Å². The number of rotatable bonds is 10. The van der Waals surface area contributed by atoms with Crippen LogP contribution >= 0.6 is 0 Å². The lowest BCUT2D eigenvalue weighted by Gasteiger charge is -2.22. The fourth-order valence-corrected chi connectivity index (χ4v) is 4.53. The number of hydrogen-bond donors (Lipinski definition) is 2. The molecule has 0 atom stereocenters. The highest BCUT2D eigenvalue weighted by molar-refractivity contribution is 6.76. The van der Waals surface area contributed by atoms with E-state index in [9.17, 15) is 9.59 Å². The standard InChI is InChI=1S/C27H33N7O3Si/c1-38(2,3)14-13-37-19-34-18-22-24(32-34)23(15-30-25(22)28)31-26(35)27(36)33(16-20-9-5-4-6-10-20)17-21-11-7-8-12-29-21/h4-12,15,18H,13-14,16-17,19H2,1-3H3,(H2,28,30)(H,31,35). The summed E-state index contributed by atoms with van der Waals surface area (Å²) in [6, 6.07) is 16.0. The van der Waals surface area contributed by atoms with Crippen LogP contribution in [-0.2, 0) is 34.1 Å². The number of nitrogens with zero attached hydrogens (tertiary/aromatic N) is 5. The van der Waals surface area contributed by atoms with Crippen LogP contribution in [0.2, 0.25) is 25.7 Å². The SMILES string of the molecule is C[Si](C)(C)CCOCn1cc2c(N)ncc(NC(=O)C(=O)N(Cc3ccccc3)Cc3ccccn3)c2n1. The number of pyridine rings is 2. The van der Waals surface area contributed by atoms with Crippen molar-refractivity contribution in [3.05, 3.63) is 78.4 Å². The summed E-state index contributed by atoms with van der Waals surface area (Å²) < 4.78 is 7.41. The van der Waals surface area contributed by atoms with Crippen molar-refractivity contribution in [2.75, 3.05) is 17.7 Å². The second-order valence-electron chi connectivity index (χ2n) is 10.3. The largest absolute Gasteiger partial charge is 0.383 e. The molecular formula is C27H33N7O3Si. The lowest BCUT2D eigenvalue weighted by Crippen LogP contribution is -2.39.